The van der Waals surface area contributed by atoms with E-state index in [2.05, 4.69) is 4.98 Å². The van der Waals surface area contributed by atoms with E-state index in [-0.39, 0.29) is 12.1 Å². The number of H-pyrrole nitrogens is 1. The summed E-state index contributed by atoms with van der Waals surface area (Å²) in [7, 11) is 0. The molecule has 0 spiro atoms. The fraction of sp³-hybridized carbons (Fsp3) is 0.263. The van der Waals surface area contributed by atoms with Crippen LogP contribution in [0.3, 0.4) is 0 Å². The van der Waals surface area contributed by atoms with Gasteiger partial charge in [-0.3, -0.25) is 9.59 Å². The van der Waals surface area contributed by atoms with E-state index in [9.17, 15) is 22.8 Å². The molecule has 0 saturated carbocycles. The van der Waals surface area contributed by atoms with Gasteiger partial charge in [-0.1, -0.05) is 6.07 Å². The largest absolute Gasteiger partial charge is 0.494 e. The summed E-state index contributed by atoms with van der Waals surface area (Å²) in [6, 6.07) is 9.86. The third-order valence-corrected chi connectivity index (χ3v) is 4.88. The van der Waals surface area contributed by atoms with Gasteiger partial charge in [-0.15, -0.1) is 11.3 Å². The Bertz CT molecular complexity index is 1030. The first-order valence-electron chi connectivity index (χ1n) is 8.45. The van der Waals surface area contributed by atoms with Crippen LogP contribution < -0.4 is 10.3 Å². The third-order valence-electron chi connectivity index (χ3n) is 4.02. The van der Waals surface area contributed by atoms with Crippen LogP contribution in [0.5, 0.6) is 5.75 Å². The summed E-state index contributed by atoms with van der Waals surface area (Å²) in [6.45, 7) is 1.59. The average molecular weight is 410 g/mol. The molecule has 0 aliphatic heterocycles. The Kier molecular flexibility index (Phi) is 5.73. The van der Waals surface area contributed by atoms with Crippen molar-refractivity contribution in [3.05, 3.63) is 62.6 Å². The second kappa shape index (κ2) is 8.05. The summed E-state index contributed by atoms with van der Waals surface area (Å²) < 4.78 is 44.5. The minimum Gasteiger partial charge on any atom is -0.494 e. The number of nitrogens with one attached hydrogen (secondary N) is 1. The van der Waals surface area contributed by atoms with Gasteiger partial charge in [-0.2, -0.15) is 13.2 Å². The standard InChI is InChI=1S/C19H17F3N2O3S/c1-2-27-14-5-6-16-12(9-14)8-13(17(25)23-16)10-24(18(26)19(20,21)22)11-15-4-3-7-28-15/h3-9H,2,10-11H2,1H3,(H,23,25). The van der Waals surface area contributed by atoms with E-state index in [0.717, 1.165) is 0 Å². The summed E-state index contributed by atoms with van der Waals surface area (Å²) in [5, 5.41) is 2.32. The first-order chi connectivity index (χ1) is 13.3. The van der Waals surface area contributed by atoms with E-state index >= 15 is 0 Å². The zero-order chi connectivity index (χ0) is 20.3. The molecule has 5 nitrogen and oxygen atoms in total. The first-order valence-corrected chi connectivity index (χ1v) is 9.33. The Morgan fingerprint density at radius 3 is 2.64 bits per heavy atom. The lowest BCUT2D eigenvalue weighted by Gasteiger charge is -2.23. The number of thiophene rings is 1. The van der Waals surface area contributed by atoms with Gasteiger partial charge in [0.25, 0.3) is 5.56 Å². The Labute approximate surface area is 162 Å². The van der Waals surface area contributed by atoms with Gasteiger partial charge in [-0.05, 0) is 42.6 Å². The fourth-order valence-electron chi connectivity index (χ4n) is 2.78. The average Bonchev–Trinajstić information content (AvgIpc) is 3.14. The molecule has 148 valence electrons. The molecule has 9 heteroatoms. The number of pyridine rings is 1. The van der Waals surface area contributed by atoms with Gasteiger partial charge in [-0.25, -0.2) is 0 Å². The van der Waals surface area contributed by atoms with E-state index in [0.29, 0.717) is 33.0 Å². The highest BCUT2D eigenvalue weighted by Crippen LogP contribution is 2.24. The van der Waals surface area contributed by atoms with Crippen molar-refractivity contribution in [2.75, 3.05) is 6.61 Å². The predicted molar refractivity (Wildman–Crippen MR) is 100 cm³/mol. The number of hydrogen-bond acceptors (Lipinski definition) is 4. The van der Waals surface area contributed by atoms with Crippen LogP contribution in [0.1, 0.15) is 17.4 Å². The van der Waals surface area contributed by atoms with Crippen molar-refractivity contribution in [2.45, 2.75) is 26.2 Å². The maximum Gasteiger partial charge on any atom is 0.471 e. The lowest BCUT2D eigenvalue weighted by Crippen LogP contribution is -2.41. The molecular formula is C19H17F3N2O3S. The maximum atomic E-state index is 13.0. The Morgan fingerprint density at radius 1 is 1.21 bits per heavy atom. The minimum absolute atomic E-state index is 0.0651. The van der Waals surface area contributed by atoms with Crippen molar-refractivity contribution in [1.82, 2.24) is 9.88 Å². The van der Waals surface area contributed by atoms with Crippen LogP contribution in [0, 0.1) is 0 Å². The van der Waals surface area contributed by atoms with E-state index in [1.54, 1.807) is 35.7 Å². The van der Waals surface area contributed by atoms with Crippen LogP contribution in [-0.2, 0) is 17.9 Å². The van der Waals surface area contributed by atoms with E-state index in [1.165, 1.54) is 17.4 Å². The van der Waals surface area contributed by atoms with Gasteiger partial charge in [0.2, 0.25) is 0 Å². The smallest absolute Gasteiger partial charge is 0.471 e. The molecule has 28 heavy (non-hydrogen) atoms. The van der Waals surface area contributed by atoms with Crippen molar-refractivity contribution in [3.63, 3.8) is 0 Å². The molecule has 1 N–H and O–H groups in total. The van der Waals surface area contributed by atoms with Gasteiger partial charge in [0, 0.05) is 21.3 Å². The van der Waals surface area contributed by atoms with Crippen molar-refractivity contribution < 1.29 is 22.7 Å². The molecule has 0 aliphatic carbocycles. The molecule has 0 bridgehead atoms. The highest BCUT2D eigenvalue weighted by Gasteiger charge is 2.42. The Morgan fingerprint density at radius 2 is 2.00 bits per heavy atom. The van der Waals surface area contributed by atoms with Crippen molar-refractivity contribution in [3.8, 4) is 5.75 Å². The Balaban J connectivity index is 1.96. The number of ether oxygens (including phenoxy) is 1. The molecule has 0 unspecified atom stereocenters. The summed E-state index contributed by atoms with van der Waals surface area (Å²) >= 11 is 1.24. The number of carbonyl (C=O) groups excluding carboxylic acids is 1. The van der Waals surface area contributed by atoms with E-state index in [1.807, 2.05) is 6.92 Å². The number of benzene rings is 1. The Hall–Kier alpha value is -2.81. The second-order valence-electron chi connectivity index (χ2n) is 6.04. The molecule has 0 fully saturated rings. The molecule has 1 aromatic carbocycles. The van der Waals surface area contributed by atoms with Gasteiger partial charge >= 0.3 is 12.1 Å². The molecular weight excluding hydrogens is 393 g/mol. The van der Waals surface area contributed by atoms with Crippen molar-refractivity contribution in [1.29, 1.82) is 0 Å². The van der Waals surface area contributed by atoms with Gasteiger partial charge < -0.3 is 14.6 Å². The lowest BCUT2D eigenvalue weighted by molar-refractivity contribution is -0.186. The monoisotopic (exact) mass is 410 g/mol. The highest BCUT2D eigenvalue weighted by atomic mass is 32.1. The van der Waals surface area contributed by atoms with Crippen LogP contribution in [0.25, 0.3) is 10.9 Å². The molecule has 3 aromatic rings. The number of rotatable bonds is 6. The fourth-order valence-corrected chi connectivity index (χ4v) is 3.50. The number of alkyl halides is 3. The summed E-state index contributed by atoms with van der Waals surface area (Å²) in [5.74, 6) is -1.40. The van der Waals surface area contributed by atoms with Gasteiger partial charge in [0.1, 0.15) is 5.75 Å². The quantitative estimate of drug-likeness (QED) is 0.666. The van der Waals surface area contributed by atoms with Gasteiger partial charge in [0.05, 0.1) is 19.7 Å². The molecule has 0 radical (unpaired) electrons. The summed E-state index contributed by atoms with van der Waals surface area (Å²) in [5.41, 5.74) is 0.0577. The molecule has 0 aliphatic rings. The van der Waals surface area contributed by atoms with E-state index < -0.39 is 24.2 Å². The lowest BCUT2D eigenvalue weighted by atomic mass is 10.1. The molecule has 3 rings (SSSR count). The number of nitrogens with zero attached hydrogens (tertiary/aromatic N) is 1. The van der Waals surface area contributed by atoms with Crippen LogP contribution >= 0.6 is 11.3 Å². The number of amides is 1. The first kappa shape index (κ1) is 19.9. The van der Waals surface area contributed by atoms with Crippen LogP contribution in [0.15, 0.2) is 46.6 Å². The number of halogens is 3. The maximum absolute atomic E-state index is 13.0. The number of carbonyl (C=O) groups is 1. The van der Waals surface area contributed by atoms with Crippen molar-refractivity contribution >= 4 is 28.1 Å². The summed E-state index contributed by atoms with van der Waals surface area (Å²) in [4.78, 5) is 28.1. The van der Waals surface area contributed by atoms with Gasteiger partial charge in [0.15, 0.2) is 0 Å². The molecule has 2 heterocycles. The van der Waals surface area contributed by atoms with Crippen molar-refractivity contribution in [2.24, 2.45) is 0 Å². The number of aromatic nitrogens is 1. The molecule has 0 saturated heterocycles. The number of aromatic amines is 1. The number of fused-ring (bicyclic) bond motifs is 1. The highest BCUT2D eigenvalue weighted by molar-refractivity contribution is 7.09. The van der Waals surface area contributed by atoms with Crippen LogP contribution in [-0.4, -0.2) is 28.6 Å². The molecule has 1 amide bonds. The minimum atomic E-state index is -5.02. The van der Waals surface area contributed by atoms with E-state index in [4.69, 9.17) is 4.74 Å². The number of hydrogen-bond donors (Lipinski definition) is 1. The third kappa shape index (κ3) is 4.53. The van der Waals surface area contributed by atoms with Crippen LogP contribution in [0.4, 0.5) is 13.2 Å². The summed E-state index contributed by atoms with van der Waals surface area (Å²) in [6.07, 6.45) is -5.02. The zero-order valence-corrected chi connectivity index (χ0v) is 15.7. The molecule has 0 atom stereocenters. The second-order valence-corrected chi connectivity index (χ2v) is 7.08. The predicted octanol–water partition coefficient (Wildman–Crippen LogP) is 4.08. The topological polar surface area (TPSA) is 62.4 Å². The van der Waals surface area contributed by atoms with Crippen LogP contribution in [0.2, 0.25) is 0 Å². The normalized spacial score (nSPS) is 11.6. The SMILES string of the molecule is CCOc1ccc2[nH]c(=O)c(CN(Cc3cccs3)C(=O)C(F)(F)F)cc2c1. The molecule has 2 aromatic heterocycles. The zero-order valence-electron chi connectivity index (χ0n) is 14.9.